The maximum Gasteiger partial charge on any atom is 0.126 e. The highest BCUT2D eigenvalue weighted by atomic mass is 19.1. The Morgan fingerprint density at radius 3 is 2.89 bits per heavy atom. The van der Waals surface area contributed by atoms with Crippen LogP contribution >= 0.6 is 0 Å². The Morgan fingerprint density at radius 1 is 1.39 bits per heavy atom. The first-order valence-electron chi connectivity index (χ1n) is 6.78. The van der Waals surface area contributed by atoms with E-state index < -0.39 is 0 Å². The summed E-state index contributed by atoms with van der Waals surface area (Å²) in [5.74, 6) is -0.0979. The predicted molar refractivity (Wildman–Crippen MR) is 71.1 cm³/mol. The summed E-state index contributed by atoms with van der Waals surface area (Å²) >= 11 is 0. The lowest BCUT2D eigenvalue weighted by Gasteiger charge is -2.28. The summed E-state index contributed by atoms with van der Waals surface area (Å²) in [7, 11) is 0. The van der Waals surface area contributed by atoms with Crippen LogP contribution in [0, 0.1) is 11.2 Å². The van der Waals surface area contributed by atoms with Gasteiger partial charge in [0.25, 0.3) is 0 Å². The van der Waals surface area contributed by atoms with Gasteiger partial charge in [-0.2, -0.15) is 0 Å². The second kappa shape index (κ2) is 6.30. The maximum absolute atomic E-state index is 13.7. The fraction of sp³-hybridized carbons (Fsp3) is 0.600. The first kappa shape index (κ1) is 13.5. The number of nitrogens with one attached hydrogen (secondary N) is 1. The van der Waals surface area contributed by atoms with Crippen molar-refractivity contribution in [2.24, 2.45) is 5.41 Å². The average Bonchev–Trinajstić information content (AvgIpc) is 2.82. The fourth-order valence-corrected chi connectivity index (χ4v) is 2.57. The SMILES string of the molecule is CCCNCC1(Cc2ccccc2F)CCOC1. The molecule has 0 spiro atoms. The van der Waals surface area contributed by atoms with Crippen molar-refractivity contribution in [2.75, 3.05) is 26.3 Å². The zero-order chi connectivity index (χ0) is 12.8. The minimum absolute atomic E-state index is 0.0668. The summed E-state index contributed by atoms with van der Waals surface area (Å²) in [6.07, 6.45) is 2.89. The number of benzene rings is 1. The maximum atomic E-state index is 13.7. The molecule has 0 saturated carbocycles. The lowest BCUT2D eigenvalue weighted by atomic mass is 9.80. The van der Waals surface area contributed by atoms with Gasteiger partial charge in [0.15, 0.2) is 0 Å². The number of hydrogen-bond donors (Lipinski definition) is 1. The van der Waals surface area contributed by atoms with E-state index in [1.54, 1.807) is 6.07 Å². The largest absolute Gasteiger partial charge is 0.381 e. The molecule has 1 saturated heterocycles. The van der Waals surface area contributed by atoms with Gasteiger partial charge in [-0.05, 0) is 37.4 Å². The minimum atomic E-state index is -0.0979. The second-order valence-electron chi connectivity index (χ2n) is 5.25. The van der Waals surface area contributed by atoms with E-state index in [1.807, 2.05) is 12.1 Å². The van der Waals surface area contributed by atoms with Gasteiger partial charge < -0.3 is 10.1 Å². The van der Waals surface area contributed by atoms with E-state index in [0.29, 0.717) is 0 Å². The Labute approximate surface area is 109 Å². The van der Waals surface area contributed by atoms with E-state index in [0.717, 1.165) is 51.1 Å². The fourth-order valence-electron chi connectivity index (χ4n) is 2.57. The van der Waals surface area contributed by atoms with E-state index in [-0.39, 0.29) is 11.2 Å². The Balaban J connectivity index is 2.04. The van der Waals surface area contributed by atoms with Crippen molar-refractivity contribution in [2.45, 2.75) is 26.2 Å². The Kier molecular flexibility index (Phi) is 4.72. The third-order valence-corrected chi connectivity index (χ3v) is 3.64. The molecule has 1 aliphatic rings. The summed E-state index contributed by atoms with van der Waals surface area (Å²) in [4.78, 5) is 0. The summed E-state index contributed by atoms with van der Waals surface area (Å²) < 4.78 is 19.3. The average molecular weight is 251 g/mol. The number of hydrogen-bond acceptors (Lipinski definition) is 2. The zero-order valence-electron chi connectivity index (χ0n) is 11.0. The number of ether oxygens (including phenoxy) is 1. The molecule has 2 nitrogen and oxygen atoms in total. The zero-order valence-corrected chi connectivity index (χ0v) is 11.0. The van der Waals surface area contributed by atoms with Crippen molar-refractivity contribution in [3.63, 3.8) is 0 Å². The molecule has 0 radical (unpaired) electrons. The first-order valence-corrected chi connectivity index (χ1v) is 6.78. The number of halogens is 1. The van der Waals surface area contributed by atoms with E-state index in [9.17, 15) is 4.39 Å². The Hall–Kier alpha value is -0.930. The highest BCUT2D eigenvalue weighted by Gasteiger charge is 2.35. The summed E-state index contributed by atoms with van der Waals surface area (Å²) in [6.45, 7) is 5.61. The van der Waals surface area contributed by atoms with E-state index in [4.69, 9.17) is 4.74 Å². The molecular formula is C15H22FNO. The molecule has 100 valence electrons. The second-order valence-corrected chi connectivity index (χ2v) is 5.25. The van der Waals surface area contributed by atoms with E-state index >= 15 is 0 Å². The van der Waals surface area contributed by atoms with Crippen LogP contribution in [0.5, 0.6) is 0 Å². The van der Waals surface area contributed by atoms with Crippen LogP contribution in [-0.4, -0.2) is 26.3 Å². The number of rotatable bonds is 6. The molecule has 1 unspecified atom stereocenters. The minimum Gasteiger partial charge on any atom is -0.381 e. The van der Waals surface area contributed by atoms with Crippen molar-refractivity contribution in [1.29, 1.82) is 0 Å². The lowest BCUT2D eigenvalue weighted by molar-refractivity contribution is 0.149. The smallest absolute Gasteiger partial charge is 0.126 e. The van der Waals surface area contributed by atoms with Crippen LogP contribution in [0.3, 0.4) is 0 Å². The van der Waals surface area contributed by atoms with Gasteiger partial charge in [-0.15, -0.1) is 0 Å². The van der Waals surface area contributed by atoms with Gasteiger partial charge in [-0.3, -0.25) is 0 Å². The molecule has 1 aliphatic heterocycles. The lowest BCUT2D eigenvalue weighted by Crippen LogP contribution is -2.37. The molecule has 0 amide bonds. The molecule has 0 aliphatic carbocycles. The van der Waals surface area contributed by atoms with Gasteiger partial charge in [-0.1, -0.05) is 25.1 Å². The van der Waals surface area contributed by atoms with Gasteiger partial charge in [0.05, 0.1) is 6.61 Å². The van der Waals surface area contributed by atoms with Crippen molar-refractivity contribution in [1.82, 2.24) is 5.32 Å². The van der Waals surface area contributed by atoms with Crippen LogP contribution in [0.25, 0.3) is 0 Å². The molecule has 18 heavy (non-hydrogen) atoms. The molecule has 1 atom stereocenters. The van der Waals surface area contributed by atoms with Crippen molar-refractivity contribution < 1.29 is 9.13 Å². The highest BCUT2D eigenvalue weighted by molar-refractivity contribution is 5.19. The topological polar surface area (TPSA) is 21.3 Å². The van der Waals surface area contributed by atoms with Crippen LogP contribution < -0.4 is 5.32 Å². The van der Waals surface area contributed by atoms with Gasteiger partial charge in [0.1, 0.15) is 5.82 Å². The molecule has 1 N–H and O–H groups in total. The third-order valence-electron chi connectivity index (χ3n) is 3.64. The van der Waals surface area contributed by atoms with Crippen molar-refractivity contribution >= 4 is 0 Å². The summed E-state index contributed by atoms with van der Waals surface area (Å²) in [5, 5.41) is 3.46. The molecule has 0 aromatic heterocycles. The van der Waals surface area contributed by atoms with Gasteiger partial charge in [0.2, 0.25) is 0 Å². The summed E-state index contributed by atoms with van der Waals surface area (Å²) in [5.41, 5.74) is 0.874. The molecule has 2 rings (SSSR count). The Morgan fingerprint density at radius 2 is 2.22 bits per heavy atom. The molecule has 1 fully saturated rings. The Bertz CT molecular complexity index is 375. The molecule has 1 aromatic carbocycles. The first-order chi connectivity index (χ1) is 8.76. The van der Waals surface area contributed by atoms with Crippen LogP contribution in [0.15, 0.2) is 24.3 Å². The van der Waals surface area contributed by atoms with Crippen LogP contribution in [0.2, 0.25) is 0 Å². The third kappa shape index (κ3) is 3.30. The molecule has 3 heteroatoms. The van der Waals surface area contributed by atoms with E-state index in [1.165, 1.54) is 6.07 Å². The van der Waals surface area contributed by atoms with Gasteiger partial charge in [-0.25, -0.2) is 4.39 Å². The quantitative estimate of drug-likeness (QED) is 0.785. The van der Waals surface area contributed by atoms with Gasteiger partial charge in [0, 0.05) is 18.6 Å². The molecule has 1 aromatic rings. The van der Waals surface area contributed by atoms with Crippen LogP contribution in [0.4, 0.5) is 4.39 Å². The highest BCUT2D eigenvalue weighted by Crippen LogP contribution is 2.32. The van der Waals surface area contributed by atoms with Crippen LogP contribution in [0.1, 0.15) is 25.3 Å². The van der Waals surface area contributed by atoms with Crippen molar-refractivity contribution in [3.05, 3.63) is 35.6 Å². The monoisotopic (exact) mass is 251 g/mol. The normalized spacial score (nSPS) is 23.4. The molecule has 0 bridgehead atoms. The van der Waals surface area contributed by atoms with Crippen molar-refractivity contribution in [3.8, 4) is 0 Å². The van der Waals surface area contributed by atoms with E-state index in [2.05, 4.69) is 12.2 Å². The summed E-state index contributed by atoms with van der Waals surface area (Å²) in [6, 6.07) is 7.07. The van der Waals surface area contributed by atoms with Crippen LogP contribution in [-0.2, 0) is 11.2 Å². The van der Waals surface area contributed by atoms with Gasteiger partial charge >= 0.3 is 0 Å². The predicted octanol–water partition coefficient (Wildman–Crippen LogP) is 2.77. The standard InChI is InChI=1S/C15H22FNO/c1-2-8-17-11-15(7-9-18-12-15)10-13-5-3-4-6-14(13)16/h3-6,17H,2,7-12H2,1H3. The molecular weight excluding hydrogens is 229 g/mol. The molecule has 1 heterocycles.